The van der Waals surface area contributed by atoms with Gasteiger partial charge in [0.25, 0.3) is 5.91 Å². The van der Waals surface area contributed by atoms with Crippen LogP contribution in [-0.4, -0.2) is 30.8 Å². The maximum atomic E-state index is 12.1. The molecule has 0 aliphatic rings. The van der Waals surface area contributed by atoms with E-state index in [4.69, 9.17) is 23.2 Å². The molecule has 3 amide bonds. The van der Waals surface area contributed by atoms with Crippen LogP contribution in [0.3, 0.4) is 0 Å². The number of benzene rings is 2. The van der Waals surface area contributed by atoms with Gasteiger partial charge in [0.15, 0.2) is 0 Å². The Morgan fingerprint density at radius 3 is 2.07 bits per heavy atom. The van der Waals surface area contributed by atoms with Gasteiger partial charge in [-0.3, -0.25) is 14.4 Å². The number of halogens is 2. The third-order valence-electron chi connectivity index (χ3n) is 3.97. The van der Waals surface area contributed by atoms with Crippen LogP contribution in [0.4, 0.5) is 5.69 Å². The van der Waals surface area contributed by atoms with Crippen molar-refractivity contribution in [3.05, 3.63) is 62.6 Å². The molecule has 2 aromatic rings. The maximum absolute atomic E-state index is 12.1. The fourth-order valence-corrected chi connectivity index (χ4v) is 3.23. The first kappa shape index (κ1) is 21.7. The van der Waals surface area contributed by atoms with Gasteiger partial charge in [-0.05, 0) is 50.1 Å². The van der Waals surface area contributed by atoms with Crippen molar-refractivity contribution in [3.8, 4) is 0 Å². The molecule has 0 bridgehead atoms. The molecular weight excluding hydrogens is 401 g/mol. The van der Waals surface area contributed by atoms with Crippen molar-refractivity contribution in [3.63, 3.8) is 0 Å². The molecule has 0 spiro atoms. The highest BCUT2D eigenvalue weighted by Crippen LogP contribution is 2.22. The SMILES string of the molecule is Cc1cc(C)c(NC(=O)CNC(=O)CNC(=O)c2ccc(Cl)cc2Cl)c(C)c1. The van der Waals surface area contributed by atoms with Crippen LogP contribution >= 0.6 is 23.2 Å². The van der Waals surface area contributed by atoms with Crippen LogP contribution < -0.4 is 16.0 Å². The van der Waals surface area contributed by atoms with Gasteiger partial charge in [-0.25, -0.2) is 0 Å². The fourth-order valence-electron chi connectivity index (χ4n) is 2.73. The van der Waals surface area contributed by atoms with Crippen molar-refractivity contribution in [1.29, 1.82) is 0 Å². The predicted octanol–water partition coefficient (Wildman–Crippen LogP) is 3.40. The zero-order valence-electron chi connectivity index (χ0n) is 15.8. The molecular formula is C20H21Cl2N3O3. The van der Waals surface area contributed by atoms with Crippen molar-refractivity contribution in [2.45, 2.75) is 20.8 Å². The van der Waals surface area contributed by atoms with E-state index in [2.05, 4.69) is 16.0 Å². The minimum Gasteiger partial charge on any atom is -0.345 e. The van der Waals surface area contributed by atoms with Crippen LogP contribution in [0.1, 0.15) is 27.0 Å². The Kier molecular flexibility index (Phi) is 7.43. The first-order chi connectivity index (χ1) is 13.2. The van der Waals surface area contributed by atoms with Crippen molar-refractivity contribution in [1.82, 2.24) is 10.6 Å². The lowest BCUT2D eigenvalue weighted by Crippen LogP contribution is -2.40. The Bertz CT molecular complexity index is 906. The van der Waals surface area contributed by atoms with Gasteiger partial charge in [0.1, 0.15) is 0 Å². The molecule has 0 saturated carbocycles. The van der Waals surface area contributed by atoms with E-state index in [0.29, 0.717) is 5.02 Å². The van der Waals surface area contributed by atoms with Gasteiger partial charge < -0.3 is 16.0 Å². The number of anilines is 1. The number of nitrogens with one attached hydrogen (secondary N) is 3. The lowest BCUT2D eigenvalue weighted by atomic mass is 10.1. The number of aryl methyl sites for hydroxylation is 3. The third kappa shape index (κ3) is 5.97. The van der Waals surface area contributed by atoms with Crippen LogP contribution in [-0.2, 0) is 9.59 Å². The first-order valence-corrected chi connectivity index (χ1v) is 9.30. The minimum atomic E-state index is -0.507. The zero-order chi connectivity index (χ0) is 20.8. The Hall–Kier alpha value is -2.57. The Labute approximate surface area is 173 Å². The quantitative estimate of drug-likeness (QED) is 0.667. The van der Waals surface area contributed by atoms with E-state index < -0.39 is 11.8 Å². The molecule has 0 saturated heterocycles. The molecule has 0 unspecified atom stereocenters. The van der Waals surface area contributed by atoms with Gasteiger partial charge >= 0.3 is 0 Å². The summed E-state index contributed by atoms with van der Waals surface area (Å²) in [6, 6.07) is 8.38. The van der Waals surface area contributed by atoms with Crippen molar-refractivity contribution < 1.29 is 14.4 Å². The van der Waals surface area contributed by atoms with E-state index in [1.165, 1.54) is 18.2 Å². The Balaban J connectivity index is 1.82. The molecule has 0 aromatic heterocycles. The summed E-state index contributed by atoms with van der Waals surface area (Å²) in [7, 11) is 0. The zero-order valence-corrected chi connectivity index (χ0v) is 17.3. The lowest BCUT2D eigenvalue weighted by molar-refractivity contribution is -0.123. The summed E-state index contributed by atoms with van der Waals surface area (Å²) in [6.07, 6.45) is 0. The summed E-state index contributed by atoms with van der Waals surface area (Å²) in [5.74, 6) is -1.35. The molecule has 2 rings (SSSR count). The van der Waals surface area contributed by atoms with E-state index in [9.17, 15) is 14.4 Å². The highest BCUT2D eigenvalue weighted by atomic mass is 35.5. The second-order valence-corrected chi connectivity index (χ2v) is 7.25. The Morgan fingerprint density at radius 1 is 0.857 bits per heavy atom. The number of amides is 3. The number of hydrogen-bond donors (Lipinski definition) is 3. The van der Waals surface area contributed by atoms with E-state index in [1.54, 1.807) is 0 Å². The van der Waals surface area contributed by atoms with Gasteiger partial charge in [-0.1, -0.05) is 40.9 Å². The standard InChI is InChI=1S/C20H21Cl2N3O3/c1-11-6-12(2)19(13(3)7-11)25-18(27)10-23-17(26)9-24-20(28)15-5-4-14(21)8-16(15)22/h4-8H,9-10H2,1-3H3,(H,23,26)(H,24,28)(H,25,27). The monoisotopic (exact) mass is 421 g/mol. The normalized spacial score (nSPS) is 10.3. The summed E-state index contributed by atoms with van der Waals surface area (Å²) in [5.41, 5.74) is 3.95. The van der Waals surface area contributed by atoms with Crippen LogP contribution in [0.15, 0.2) is 30.3 Å². The fraction of sp³-hybridized carbons (Fsp3) is 0.250. The Morgan fingerprint density at radius 2 is 1.46 bits per heavy atom. The molecule has 3 N–H and O–H groups in total. The van der Waals surface area contributed by atoms with Crippen LogP contribution in [0.25, 0.3) is 0 Å². The molecule has 148 valence electrons. The molecule has 0 fully saturated rings. The number of carbonyl (C=O) groups excluding carboxylic acids is 3. The van der Waals surface area contributed by atoms with Gasteiger partial charge in [-0.15, -0.1) is 0 Å². The van der Waals surface area contributed by atoms with Crippen molar-refractivity contribution in [2.24, 2.45) is 0 Å². The number of carbonyl (C=O) groups is 3. The molecule has 8 heteroatoms. The first-order valence-electron chi connectivity index (χ1n) is 8.55. The van der Waals surface area contributed by atoms with Crippen LogP contribution in [0.2, 0.25) is 10.0 Å². The topological polar surface area (TPSA) is 87.3 Å². The lowest BCUT2D eigenvalue weighted by Gasteiger charge is -2.13. The van der Waals surface area contributed by atoms with Crippen molar-refractivity contribution in [2.75, 3.05) is 18.4 Å². The van der Waals surface area contributed by atoms with Crippen LogP contribution in [0, 0.1) is 20.8 Å². The second-order valence-electron chi connectivity index (χ2n) is 6.41. The summed E-state index contributed by atoms with van der Waals surface area (Å²) < 4.78 is 0. The molecule has 0 atom stereocenters. The second kappa shape index (κ2) is 9.57. The molecule has 2 aromatic carbocycles. The van der Waals surface area contributed by atoms with E-state index in [0.717, 1.165) is 22.4 Å². The predicted molar refractivity (Wildman–Crippen MR) is 111 cm³/mol. The average Bonchev–Trinajstić information content (AvgIpc) is 2.61. The van der Waals surface area contributed by atoms with Gasteiger partial charge in [0, 0.05) is 10.7 Å². The smallest absolute Gasteiger partial charge is 0.253 e. The summed E-state index contributed by atoms with van der Waals surface area (Å²) in [6.45, 7) is 5.31. The molecule has 0 radical (unpaired) electrons. The molecule has 0 heterocycles. The summed E-state index contributed by atoms with van der Waals surface area (Å²) >= 11 is 11.7. The van der Waals surface area contributed by atoms with E-state index >= 15 is 0 Å². The largest absolute Gasteiger partial charge is 0.345 e. The molecule has 0 aliphatic carbocycles. The molecule has 28 heavy (non-hydrogen) atoms. The molecule has 0 aliphatic heterocycles. The molecule has 6 nitrogen and oxygen atoms in total. The summed E-state index contributed by atoms with van der Waals surface area (Å²) in [5, 5.41) is 8.30. The van der Waals surface area contributed by atoms with E-state index in [-0.39, 0.29) is 29.6 Å². The van der Waals surface area contributed by atoms with Gasteiger partial charge in [0.05, 0.1) is 23.7 Å². The van der Waals surface area contributed by atoms with E-state index in [1.807, 2.05) is 32.9 Å². The third-order valence-corrected chi connectivity index (χ3v) is 4.52. The summed E-state index contributed by atoms with van der Waals surface area (Å²) in [4.78, 5) is 36.1. The van der Waals surface area contributed by atoms with Gasteiger partial charge in [-0.2, -0.15) is 0 Å². The average molecular weight is 422 g/mol. The van der Waals surface area contributed by atoms with Crippen molar-refractivity contribution >= 4 is 46.6 Å². The number of hydrogen-bond acceptors (Lipinski definition) is 3. The number of rotatable bonds is 6. The minimum absolute atomic E-state index is 0.189. The maximum Gasteiger partial charge on any atom is 0.253 e. The van der Waals surface area contributed by atoms with Crippen LogP contribution in [0.5, 0.6) is 0 Å². The van der Waals surface area contributed by atoms with Gasteiger partial charge in [0.2, 0.25) is 11.8 Å². The highest BCUT2D eigenvalue weighted by molar-refractivity contribution is 6.36. The highest BCUT2D eigenvalue weighted by Gasteiger charge is 2.13.